The van der Waals surface area contributed by atoms with Crippen LogP contribution in [0, 0.1) is 12.3 Å². The van der Waals surface area contributed by atoms with Crippen LogP contribution in [0.1, 0.15) is 26.3 Å². The first kappa shape index (κ1) is 12.4. The van der Waals surface area contributed by atoms with E-state index in [1.54, 1.807) is 0 Å². The number of ketones is 1. The van der Waals surface area contributed by atoms with Crippen molar-refractivity contribution in [2.45, 2.75) is 0 Å². The molecule has 1 rings (SSSR count). The number of hydrogen-bond donors (Lipinski definition) is 0. The van der Waals surface area contributed by atoms with E-state index in [-0.39, 0.29) is 16.7 Å². The Balaban J connectivity index is 3.44. The maximum absolute atomic E-state index is 11.5. The third-order valence-electron chi connectivity index (χ3n) is 2.05. The van der Waals surface area contributed by atoms with Crippen LogP contribution in [-0.4, -0.2) is 29.9 Å². The van der Waals surface area contributed by atoms with Crippen molar-refractivity contribution in [1.82, 2.24) is 0 Å². The van der Waals surface area contributed by atoms with Crippen molar-refractivity contribution in [3.05, 3.63) is 40.4 Å². The molecule has 17 heavy (non-hydrogen) atoms. The van der Waals surface area contributed by atoms with Gasteiger partial charge in [-0.05, 0) is 12.1 Å². The SMILES string of the molecule is C#Cc1c(C(=O)C=[N+]=[N-])cccc1C(=O)OC. The zero-order valence-electron chi connectivity index (χ0n) is 9.01. The fourth-order valence-electron chi connectivity index (χ4n) is 1.32. The molecule has 0 saturated heterocycles. The minimum absolute atomic E-state index is 0.105. The summed E-state index contributed by atoms with van der Waals surface area (Å²) in [6, 6.07) is 4.38. The van der Waals surface area contributed by atoms with Crippen LogP contribution in [0.15, 0.2) is 18.2 Å². The Kier molecular flexibility index (Phi) is 3.93. The van der Waals surface area contributed by atoms with E-state index in [1.165, 1.54) is 25.3 Å². The van der Waals surface area contributed by atoms with E-state index < -0.39 is 11.8 Å². The number of methoxy groups -OCH3 is 1. The van der Waals surface area contributed by atoms with Crippen LogP contribution in [0.25, 0.3) is 5.53 Å². The van der Waals surface area contributed by atoms with Crippen molar-refractivity contribution < 1.29 is 19.1 Å². The Hall–Kier alpha value is -2.70. The van der Waals surface area contributed by atoms with Crippen LogP contribution in [0.4, 0.5) is 0 Å². The lowest BCUT2D eigenvalue weighted by Gasteiger charge is -2.05. The second-order valence-corrected chi connectivity index (χ2v) is 2.97. The molecule has 1 aromatic rings. The summed E-state index contributed by atoms with van der Waals surface area (Å²) in [5.74, 6) is 1.03. The van der Waals surface area contributed by atoms with Crippen LogP contribution < -0.4 is 0 Å². The van der Waals surface area contributed by atoms with Gasteiger partial charge >= 0.3 is 12.2 Å². The molecule has 0 aliphatic carbocycles. The normalized spacial score (nSPS) is 8.71. The van der Waals surface area contributed by atoms with Gasteiger partial charge in [0.1, 0.15) is 0 Å². The highest BCUT2D eigenvalue weighted by atomic mass is 16.5. The third kappa shape index (κ3) is 2.46. The summed E-state index contributed by atoms with van der Waals surface area (Å²) in [6.45, 7) is 0. The monoisotopic (exact) mass is 228 g/mol. The molecule has 0 aliphatic rings. The molecule has 0 fully saturated rings. The summed E-state index contributed by atoms with van der Waals surface area (Å²) in [6.07, 6.45) is 5.97. The van der Waals surface area contributed by atoms with Crippen LogP contribution in [-0.2, 0) is 4.74 Å². The quantitative estimate of drug-likeness (QED) is 0.193. The highest BCUT2D eigenvalue weighted by Crippen LogP contribution is 2.15. The zero-order chi connectivity index (χ0) is 12.8. The summed E-state index contributed by atoms with van der Waals surface area (Å²) in [5, 5.41) is 0. The van der Waals surface area contributed by atoms with Gasteiger partial charge in [-0.15, -0.1) is 6.42 Å². The standard InChI is InChI=1S/C12H8N2O3/c1-3-8-9(11(15)7-14-13)5-4-6-10(8)12(16)17-2/h1,4-7H,2H3. The smallest absolute Gasteiger partial charge is 0.339 e. The van der Waals surface area contributed by atoms with Crippen LogP contribution >= 0.6 is 0 Å². The predicted octanol–water partition coefficient (Wildman–Crippen LogP) is 0.938. The maximum atomic E-state index is 11.5. The number of carbonyl (C=O) groups excluding carboxylic acids is 2. The van der Waals surface area contributed by atoms with Gasteiger partial charge in [-0.2, -0.15) is 4.79 Å². The molecule has 0 unspecified atom stereocenters. The average Bonchev–Trinajstić information content (AvgIpc) is 2.37. The summed E-state index contributed by atoms with van der Waals surface area (Å²) in [7, 11) is 1.21. The van der Waals surface area contributed by atoms with Crippen molar-refractivity contribution in [3.8, 4) is 12.3 Å². The fraction of sp³-hybridized carbons (Fsp3) is 0.0833. The number of nitrogens with zero attached hydrogens (tertiary/aromatic N) is 2. The van der Waals surface area contributed by atoms with Gasteiger partial charge in [-0.25, -0.2) is 4.79 Å². The second kappa shape index (κ2) is 5.40. The van der Waals surface area contributed by atoms with E-state index >= 15 is 0 Å². The molecule has 0 amide bonds. The number of rotatable bonds is 3. The van der Waals surface area contributed by atoms with Gasteiger partial charge in [0.2, 0.25) is 0 Å². The third-order valence-corrected chi connectivity index (χ3v) is 2.05. The largest absolute Gasteiger partial charge is 0.465 e. The summed E-state index contributed by atoms with van der Waals surface area (Å²) >= 11 is 0. The first-order valence-corrected chi connectivity index (χ1v) is 4.55. The number of esters is 1. The van der Waals surface area contributed by atoms with E-state index in [0.29, 0.717) is 6.21 Å². The molecule has 5 heteroatoms. The minimum atomic E-state index is -0.631. The first-order chi connectivity index (χ1) is 8.15. The summed E-state index contributed by atoms with van der Waals surface area (Å²) in [4.78, 5) is 25.6. The molecular weight excluding hydrogens is 220 g/mol. The molecule has 0 saturated carbocycles. The highest BCUT2D eigenvalue weighted by molar-refractivity contribution is 6.34. The van der Waals surface area contributed by atoms with Crippen molar-refractivity contribution >= 4 is 18.0 Å². The fourth-order valence-corrected chi connectivity index (χ4v) is 1.32. The van der Waals surface area contributed by atoms with Gasteiger partial charge in [0.25, 0.3) is 5.78 Å². The molecule has 0 aromatic heterocycles. The molecule has 0 bridgehead atoms. The molecule has 0 N–H and O–H groups in total. The maximum Gasteiger partial charge on any atom is 0.339 e. The molecule has 0 spiro atoms. The molecule has 0 atom stereocenters. The Morgan fingerprint density at radius 3 is 2.65 bits per heavy atom. The Morgan fingerprint density at radius 2 is 2.12 bits per heavy atom. The lowest BCUT2D eigenvalue weighted by Crippen LogP contribution is -2.10. The van der Waals surface area contributed by atoms with Crippen molar-refractivity contribution in [2.24, 2.45) is 0 Å². The molecule has 5 nitrogen and oxygen atoms in total. The average molecular weight is 228 g/mol. The lowest BCUT2D eigenvalue weighted by molar-refractivity contribution is 0.00233. The number of carbonyl (C=O) groups is 2. The van der Waals surface area contributed by atoms with Gasteiger partial charge in [0.15, 0.2) is 0 Å². The van der Waals surface area contributed by atoms with E-state index in [0.717, 1.165) is 0 Å². The Bertz CT molecular complexity index is 564. The van der Waals surface area contributed by atoms with Crippen LogP contribution in [0.3, 0.4) is 0 Å². The Labute approximate surface area is 97.6 Å². The molecule has 0 radical (unpaired) electrons. The van der Waals surface area contributed by atoms with Crippen LogP contribution in [0.2, 0.25) is 0 Å². The Morgan fingerprint density at radius 1 is 1.47 bits per heavy atom. The first-order valence-electron chi connectivity index (χ1n) is 4.55. The predicted molar refractivity (Wildman–Crippen MR) is 59.7 cm³/mol. The minimum Gasteiger partial charge on any atom is -0.465 e. The number of benzene rings is 1. The molecule has 0 heterocycles. The second-order valence-electron chi connectivity index (χ2n) is 2.97. The zero-order valence-corrected chi connectivity index (χ0v) is 9.01. The number of hydrogen-bond acceptors (Lipinski definition) is 3. The van der Waals surface area contributed by atoms with E-state index in [9.17, 15) is 9.59 Å². The lowest BCUT2D eigenvalue weighted by atomic mass is 9.99. The van der Waals surface area contributed by atoms with E-state index in [4.69, 9.17) is 12.0 Å². The molecular formula is C12H8N2O3. The molecule has 1 aromatic carbocycles. The van der Waals surface area contributed by atoms with E-state index in [2.05, 4.69) is 15.4 Å². The highest BCUT2D eigenvalue weighted by Gasteiger charge is 2.18. The van der Waals surface area contributed by atoms with Gasteiger partial charge in [0.05, 0.1) is 18.2 Å². The summed E-state index contributed by atoms with van der Waals surface area (Å²) < 4.78 is 4.54. The number of terminal acetylenes is 1. The number of ether oxygens (including phenoxy) is 1. The van der Waals surface area contributed by atoms with Gasteiger partial charge in [-0.3, -0.25) is 4.79 Å². The van der Waals surface area contributed by atoms with Crippen LogP contribution in [0.5, 0.6) is 0 Å². The molecule has 84 valence electrons. The van der Waals surface area contributed by atoms with Crippen molar-refractivity contribution in [1.29, 1.82) is 0 Å². The van der Waals surface area contributed by atoms with Gasteiger partial charge in [-0.1, -0.05) is 12.0 Å². The van der Waals surface area contributed by atoms with Gasteiger partial charge < -0.3 is 10.3 Å². The van der Waals surface area contributed by atoms with Crippen molar-refractivity contribution in [3.63, 3.8) is 0 Å². The van der Waals surface area contributed by atoms with E-state index in [1.807, 2.05) is 0 Å². The van der Waals surface area contributed by atoms with Gasteiger partial charge in [0, 0.05) is 5.56 Å². The number of Topliss-reactive ketones (excluding diaryl/α,β-unsaturated/α-hetero) is 1. The topological polar surface area (TPSA) is 79.8 Å². The summed E-state index contributed by atoms with van der Waals surface area (Å²) in [5.41, 5.74) is 8.63. The molecule has 0 aliphatic heterocycles. The van der Waals surface area contributed by atoms with Crippen molar-refractivity contribution in [2.75, 3.05) is 7.11 Å².